The molecule has 1 aromatic rings. The number of aliphatic carboxylic acids is 1. The van der Waals surface area contributed by atoms with Gasteiger partial charge >= 0.3 is 5.97 Å². The zero-order valence-corrected chi connectivity index (χ0v) is 13.8. The molecule has 1 heterocycles. The third-order valence-electron chi connectivity index (χ3n) is 4.16. The smallest absolute Gasteiger partial charge is 0.308 e. The summed E-state index contributed by atoms with van der Waals surface area (Å²) in [5, 5.41) is 11.8. The van der Waals surface area contributed by atoms with Crippen molar-refractivity contribution in [3.8, 4) is 5.75 Å². The predicted octanol–water partition coefficient (Wildman–Crippen LogP) is 1.20. The van der Waals surface area contributed by atoms with E-state index < -0.39 is 17.9 Å². The summed E-state index contributed by atoms with van der Waals surface area (Å²) in [5.41, 5.74) is 0.799. The first kappa shape index (κ1) is 17.8. The number of carboxylic acids is 1. The van der Waals surface area contributed by atoms with Crippen LogP contribution in [-0.2, 0) is 14.4 Å². The minimum Gasteiger partial charge on any atom is -0.497 e. The molecule has 7 nitrogen and oxygen atoms in total. The number of carbonyl (C=O) groups is 3. The van der Waals surface area contributed by atoms with Crippen LogP contribution in [0, 0.1) is 5.92 Å². The molecule has 0 aromatic heterocycles. The maximum atomic E-state index is 12.5. The maximum Gasteiger partial charge on any atom is 0.308 e. The monoisotopic (exact) mass is 334 g/mol. The molecule has 1 saturated heterocycles. The van der Waals surface area contributed by atoms with Crippen LogP contribution in [0.25, 0.3) is 0 Å². The predicted molar refractivity (Wildman–Crippen MR) is 86.5 cm³/mol. The van der Waals surface area contributed by atoms with Gasteiger partial charge in [0.2, 0.25) is 11.8 Å². The number of carboxylic acid groups (broad SMARTS) is 1. The summed E-state index contributed by atoms with van der Waals surface area (Å²) in [4.78, 5) is 36.5. The van der Waals surface area contributed by atoms with Crippen LogP contribution >= 0.6 is 0 Å². The molecule has 24 heavy (non-hydrogen) atoms. The lowest BCUT2D eigenvalue weighted by atomic mass is 10.0. The van der Waals surface area contributed by atoms with Gasteiger partial charge in [-0.3, -0.25) is 14.4 Å². The SMILES string of the molecule is COc1ccc([C@@H](CC(=O)N2CC[C@@H](C(=O)O)C2)NC(C)=O)cc1. The average molecular weight is 334 g/mol. The Hall–Kier alpha value is -2.57. The third-order valence-corrected chi connectivity index (χ3v) is 4.16. The van der Waals surface area contributed by atoms with Crippen molar-refractivity contribution in [2.45, 2.75) is 25.8 Å². The van der Waals surface area contributed by atoms with Gasteiger partial charge in [0.1, 0.15) is 5.75 Å². The molecule has 130 valence electrons. The van der Waals surface area contributed by atoms with Gasteiger partial charge in [0.05, 0.1) is 25.5 Å². The Morgan fingerprint density at radius 3 is 2.50 bits per heavy atom. The van der Waals surface area contributed by atoms with Crippen molar-refractivity contribution in [1.29, 1.82) is 0 Å². The summed E-state index contributed by atoms with van der Waals surface area (Å²) >= 11 is 0. The molecule has 1 aromatic carbocycles. The van der Waals surface area contributed by atoms with Gasteiger partial charge in [-0.2, -0.15) is 0 Å². The van der Waals surface area contributed by atoms with Crippen molar-refractivity contribution in [2.24, 2.45) is 5.92 Å². The van der Waals surface area contributed by atoms with E-state index in [9.17, 15) is 14.4 Å². The molecule has 0 aliphatic carbocycles. The molecule has 0 unspecified atom stereocenters. The van der Waals surface area contributed by atoms with E-state index in [1.165, 1.54) is 6.92 Å². The minimum atomic E-state index is -0.876. The number of rotatable bonds is 6. The molecule has 1 aliphatic heterocycles. The number of benzene rings is 1. The minimum absolute atomic E-state index is 0.0955. The second-order valence-corrected chi connectivity index (χ2v) is 5.89. The van der Waals surface area contributed by atoms with Crippen molar-refractivity contribution >= 4 is 17.8 Å². The lowest BCUT2D eigenvalue weighted by Crippen LogP contribution is -2.35. The molecule has 0 spiro atoms. The third kappa shape index (κ3) is 4.47. The fraction of sp³-hybridized carbons (Fsp3) is 0.471. The van der Waals surface area contributed by atoms with Gasteiger partial charge < -0.3 is 20.1 Å². The maximum absolute atomic E-state index is 12.5. The van der Waals surface area contributed by atoms with Crippen LogP contribution in [0.3, 0.4) is 0 Å². The highest BCUT2D eigenvalue weighted by molar-refractivity contribution is 5.80. The molecular formula is C17H22N2O5. The summed E-state index contributed by atoms with van der Waals surface area (Å²) in [6.07, 6.45) is 0.562. The van der Waals surface area contributed by atoms with Crippen LogP contribution in [0.4, 0.5) is 0 Å². The van der Waals surface area contributed by atoms with Crippen molar-refractivity contribution in [3.63, 3.8) is 0 Å². The number of hydrogen-bond donors (Lipinski definition) is 2. The summed E-state index contributed by atoms with van der Waals surface area (Å²) in [6, 6.07) is 6.69. The highest BCUT2D eigenvalue weighted by Gasteiger charge is 2.32. The van der Waals surface area contributed by atoms with Gasteiger partial charge in [0, 0.05) is 20.0 Å². The highest BCUT2D eigenvalue weighted by Crippen LogP contribution is 2.23. The second kappa shape index (κ2) is 7.81. The topological polar surface area (TPSA) is 95.9 Å². The first-order valence-electron chi connectivity index (χ1n) is 7.82. The fourth-order valence-corrected chi connectivity index (χ4v) is 2.83. The molecule has 1 fully saturated rings. The number of nitrogens with one attached hydrogen (secondary N) is 1. The van der Waals surface area contributed by atoms with Gasteiger partial charge in [-0.25, -0.2) is 0 Å². The van der Waals surface area contributed by atoms with Crippen molar-refractivity contribution < 1.29 is 24.2 Å². The highest BCUT2D eigenvalue weighted by atomic mass is 16.5. The first-order chi connectivity index (χ1) is 11.4. The number of nitrogens with zero attached hydrogens (tertiary/aromatic N) is 1. The molecule has 2 rings (SSSR count). The first-order valence-corrected chi connectivity index (χ1v) is 7.82. The quantitative estimate of drug-likeness (QED) is 0.815. The van der Waals surface area contributed by atoms with Gasteiger partial charge in [-0.15, -0.1) is 0 Å². The Morgan fingerprint density at radius 1 is 1.33 bits per heavy atom. The van der Waals surface area contributed by atoms with Crippen molar-refractivity contribution in [3.05, 3.63) is 29.8 Å². The van der Waals surface area contributed by atoms with Gasteiger partial charge in [-0.1, -0.05) is 12.1 Å². The number of likely N-dealkylation sites (tertiary alicyclic amines) is 1. The van der Waals surface area contributed by atoms with E-state index in [0.717, 1.165) is 5.56 Å². The molecule has 0 saturated carbocycles. The number of methoxy groups -OCH3 is 1. The summed E-state index contributed by atoms with van der Waals surface area (Å²) in [5.74, 6) is -1.08. The summed E-state index contributed by atoms with van der Waals surface area (Å²) < 4.78 is 5.11. The Balaban J connectivity index is 2.06. The van der Waals surface area contributed by atoms with Crippen LogP contribution in [-0.4, -0.2) is 48.0 Å². The van der Waals surface area contributed by atoms with E-state index in [4.69, 9.17) is 9.84 Å². The number of amides is 2. The molecule has 2 N–H and O–H groups in total. The fourth-order valence-electron chi connectivity index (χ4n) is 2.83. The van der Waals surface area contributed by atoms with Crippen molar-refractivity contribution in [1.82, 2.24) is 10.2 Å². The molecule has 1 aliphatic rings. The standard InChI is InChI=1S/C17H22N2O5/c1-11(20)18-15(12-3-5-14(24-2)6-4-12)9-16(21)19-8-7-13(10-19)17(22)23/h3-6,13,15H,7-10H2,1-2H3,(H,18,20)(H,22,23)/t13-,15-/m1/s1. The van der Waals surface area contributed by atoms with E-state index in [-0.39, 0.29) is 24.8 Å². The number of ether oxygens (including phenoxy) is 1. The van der Waals surface area contributed by atoms with E-state index in [0.29, 0.717) is 18.7 Å². The Morgan fingerprint density at radius 2 is 2.00 bits per heavy atom. The Kier molecular flexibility index (Phi) is 5.78. The molecule has 7 heteroatoms. The van der Waals surface area contributed by atoms with Crippen molar-refractivity contribution in [2.75, 3.05) is 20.2 Å². The van der Waals surface area contributed by atoms with Gasteiger partial charge in [-0.05, 0) is 24.1 Å². The van der Waals surface area contributed by atoms with Crippen LogP contribution in [0.1, 0.15) is 31.4 Å². The van der Waals surface area contributed by atoms with E-state index in [2.05, 4.69) is 5.32 Å². The molecule has 2 amide bonds. The van der Waals surface area contributed by atoms with E-state index in [1.807, 2.05) is 0 Å². The van der Waals surface area contributed by atoms with Crippen LogP contribution in [0.2, 0.25) is 0 Å². The van der Waals surface area contributed by atoms with Gasteiger partial charge in [0.25, 0.3) is 0 Å². The lowest BCUT2D eigenvalue weighted by molar-refractivity contribution is -0.141. The average Bonchev–Trinajstić information content (AvgIpc) is 3.04. The number of carbonyl (C=O) groups excluding carboxylic acids is 2. The van der Waals surface area contributed by atoms with Crippen LogP contribution in [0.15, 0.2) is 24.3 Å². The second-order valence-electron chi connectivity index (χ2n) is 5.89. The van der Waals surface area contributed by atoms with E-state index in [1.54, 1.807) is 36.3 Å². The van der Waals surface area contributed by atoms with Crippen LogP contribution < -0.4 is 10.1 Å². The lowest BCUT2D eigenvalue weighted by Gasteiger charge is -2.22. The Labute approximate surface area is 140 Å². The largest absolute Gasteiger partial charge is 0.497 e. The van der Waals surface area contributed by atoms with Crippen LogP contribution in [0.5, 0.6) is 5.75 Å². The van der Waals surface area contributed by atoms with Gasteiger partial charge in [0.15, 0.2) is 0 Å². The zero-order valence-electron chi connectivity index (χ0n) is 13.8. The zero-order chi connectivity index (χ0) is 17.7. The summed E-state index contributed by atoms with van der Waals surface area (Å²) in [6.45, 7) is 2.06. The summed E-state index contributed by atoms with van der Waals surface area (Å²) in [7, 11) is 1.57. The molecule has 0 radical (unpaired) electrons. The normalized spacial score (nSPS) is 18.1. The van der Waals surface area contributed by atoms with E-state index >= 15 is 0 Å². The molecule has 2 atom stereocenters. The molecule has 0 bridgehead atoms. The molecular weight excluding hydrogens is 312 g/mol. The number of hydrogen-bond acceptors (Lipinski definition) is 4. The Bertz CT molecular complexity index is 614.